The van der Waals surface area contributed by atoms with E-state index in [-0.39, 0.29) is 24.0 Å². The Morgan fingerprint density at radius 1 is 1.11 bits per heavy atom. The smallest absolute Gasteiger partial charge is 0.211 e. The second kappa shape index (κ2) is 14.0. The molecule has 0 radical (unpaired) electrons. The fraction of sp³-hybridized carbons (Fsp3) is 0.947. The van der Waals surface area contributed by atoms with Crippen LogP contribution in [0.15, 0.2) is 4.99 Å². The molecule has 1 aliphatic carbocycles. The molecule has 0 bridgehead atoms. The topological polar surface area (TPSA) is 83.0 Å². The molecule has 9 heteroatoms. The first-order valence-corrected chi connectivity index (χ1v) is 12.4. The minimum Gasteiger partial charge on any atom is -0.378 e. The Kier molecular flexibility index (Phi) is 12.9. The highest BCUT2D eigenvalue weighted by Crippen LogP contribution is 2.20. The Labute approximate surface area is 188 Å². The SMILES string of the molecule is CCNC(=NCC1CCN(S(C)(=O)=O)CC1)NCCCOC1CCCCC1.I. The van der Waals surface area contributed by atoms with E-state index in [0.29, 0.717) is 25.1 Å². The Hall–Kier alpha value is -0.130. The van der Waals surface area contributed by atoms with Crippen LogP contribution < -0.4 is 10.6 Å². The van der Waals surface area contributed by atoms with Crippen molar-refractivity contribution in [3.05, 3.63) is 0 Å². The fourth-order valence-corrected chi connectivity index (χ4v) is 4.62. The van der Waals surface area contributed by atoms with Crippen molar-refractivity contribution < 1.29 is 13.2 Å². The fourth-order valence-electron chi connectivity index (χ4n) is 3.75. The first-order chi connectivity index (χ1) is 13.0. The van der Waals surface area contributed by atoms with Crippen LogP contribution in [0, 0.1) is 5.92 Å². The van der Waals surface area contributed by atoms with Gasteiger partial charge in [-0.1, -0.05) is 19.3 Å². The van der Waals surface area contributed by atoms with E-state index in [9.17, 15) is 8.42 Å². The number of guanidine groups is 1. The Bertz CT molecular complexity index is 545. The third-order valence-corrected chi connectivity index (χ3v) is 6.72. The van der Waals surface area contributed by atoms with E-state index in [1.54, 1.807) is 4.31 Å². The summed E-state index contributed by atoms with van der Waals surface area (Å²) in [6.45, 7) is 6.52. The molecule has 28 heavy (non-hydrogen) atoms. The number of ether oxygens (including phenoxy) is 1. The van der Waals surface area contributed by atoms with Crippen LogP contribution in [0.3, 0.4) is 0 Å². The number of rotatable bonds is 9. The molecule has 0 atom stereocenters. The van der Waals surface area contributed by atoms with Crippen LogP contribution >= 0.6 is 24.0 Å². The molecule has 0 aromatic rings. The average molecular weight is 531 g/mol. The van der Waals surface area contributed by atoms with Crippen LogP contribution in [0.5, 0.6) is 0 Å². The summed E-state index contributed by atoms with van der Waals surface area (Å²) in [4.78, 5) is 4.70. The molecule has 2 rings (SSSR count). The molecule has 0 amide bonds. The minimum absolute atomic E-state index is 0. The van der Waals surface area contributed by atoms with Gasteiger partial charge in [0, 0.05) is 39.3 Å². The van der Waals surface area contributed by atoms with E-state index in [1.807, 2.05) is 0 Å². The van der Waals surface area contributed by atoms with Crippen molar-refractivity contribution in [2.75, 3.05) is 45.6 Å². The molecule has 0 unspecified atom stereocenters. The lowest BCUT2D eigenvalue weighted by Gasteiger charge is -2.29. The maximum Gasteiger partial charge on any atom is 0.211 e. The van der Waals surface area contributed by atoms with E-state index < -0.39 is 10.0 Å². The second-order valence-electron chi connectivity index (χ2n) is 7.74. The zero-order chi connectivity index (χ0) is 19.5. The molecule has 0 aromatic heterocycles. The molecular formula is C19H39IN4O3S. The van der Waals surface area contributed by atoms with Gasteiger partial charge in [-0.25, -0.2) is 12.7 Å². The van der Waals surface area contributed by atoms with Crippen molar-refractivity contribution in [2.24, 2.45) is 10.9 Å². The molecule has 1 saturated carbocycles. The lowest BCUT2D eigenvalue weighted by Crippen LogP contribution is -2.40. The van der Waals surface area contributed by atoms with Crippen molar-refractivity contribution in [3.8, 4) is 0 Å². The van der Waals surface area contributed by atoms with Gasteiger partial charge in [0.05, 0.1) is 12.4 Å². The molecule has 2 aliphatic rings. The van der Waals surface area contributed by atoms with E-state index in [2.05, 4.69) is 17.6 Å². The number of nitrogens with one attached hydrogen (secondary N) is 2. The van der Waals surface area contributed by atoms with Crippen molar-refractivity contribution in [2.45, 2.75) is 64.4 Å². The highest BCUT2D eigenvalue weighted by atomic mass is 127. The van der Waals surface area contributed by atoms with Gasteiger partial charge in [-0.15, -0.1) is 24.0 Å². The van der Waals surface area contributed by atoms with Gasteiger partial charge < -0.3 is 15.4 Å². The number of nitrogens with zero attached hydrogens (tertiary/aromatic N) is 2. The van der Waals surface area contributed by atoms with Crippen molar-refractivity contribution in [1.82, 2.24) is 14.9 Å². The molecule has 0 spiro atoms. The van der Waals surface area contributed by atoms with Gasteiger partial charge >= 0.3 is 0 Å². The van der Waals surface area contributed by atoms with E-state index >= 15 is 0 Å². The maximum atomic E-state index is 11.6. The van der Waals surface area contributed by atoms with Gasteiger partial charge in [0.15, 0.2) is 5.96 Å². The molecule has 0 aromatic carbocycles. The molecule has 166 valence electrons. The van der Waals surface area contributed by atoms with Gasteiger partial charge in [-0.2, -0.15) is 0 Å². The summed E-state index contributed by atoms with van der Waals surface area (Å²) in [6, 6.07) is 0. The predicted molar refractivity (Wildman–Crippen MR) is 126 cm³/mol. The van der Waals surface area contributed by atoms with Crippen LogP contribution in [-0.2, 0) is 14.8 Å². The largest absolute Gasteiger partial charge is 0.378 e. The van der Waals surface area contributed by atoms with E-state index in [4.69, 9.17) is 9.73 Å². The highest BCUT2D eigenvalue weighted by molar-refractivity contribution is 14.0. The van der Waals surface area contributed by atoms with Gasteiger partial charge in [0.25, 0.3) is 0 Å². The zero-order valence-electron chi connectivity index (χ0n) is 17.5. The predicted octanol–water partition coefficient (Wildman–Crippen LogP) is 2.57. The lowest BCUT2D eigenvalue weighted by molar-refractivity contribution is 0.0277. The maximum absolute atomic E-state index is 11.6. The summed E-state index contributed by atoms with van der Waals surface area (Å²) in [5, 5.41) is 6.67. The van der Waals surface area contributed by atoms with Crippen molar-refractivity contribution >= 4 is 40.0 Å². The first kappa shape index (κ1) is 25.9. The number of hydrogen-bond acceptors (Lipinski definition) is 4. The van der Waals surface area contributed by atoms with Crippen LogP contribution in [0.25, 0.3) is 0 Å². The van der Waals surface area contributed by atoms with Crippen LogP contribution in [0.1, 0.15) is 58.3 Å². The van der Waals surface area contributed by atoms with Gasteiger partial charge in [-0.3, -0.25) is 4.99 Å². The van der Waals surface area contributed by atoms with Crippen molar-refractivity contribution in [3.63, 3.8) is 0 Å². The molecule has 1 heterocycles. The second-order valence-corrected chi connectivity index (χ2v) is 9.72. The number of halogens is 1. The zero-order valence-corrected chi connectivity index (χ0v) is 20.6. The standard InChI is InChI=1S/C19H38N4O3S.HI/c1-3-20-19(21-12-7-15-26-18-8-5-4-6-9-18)22-16-17-10-13-23(14-11-17)27(2,24)25;/h17-18H,3-16H2,1-2H3,(H2,20,21,22);1H. The monoisotopic (exact) mass is 530 g/mol. The normalized spacial score (nSPS) is 20.6. The Morgan fingerprint density at radius 3 is 2.39 bits per heavy atom. The number of piperidine rings is 1. The van der Waals surface area contributed by atoms with E-state index in [1.165, 1.54) is 38.4 Å². The van der Waals surface area contributed by atoms with Gasteiger partial charge in [0.2, 0.25) is 10.0 Å². The lowest BCUT2D eigenvalue weighted by atomic mass is 9.98. The number of hydrogen-bond donors (Lipinski definition) is 2. The summed E-state index contributed by atoms with van der Waals surface area (Å²) >= 11 is 0. The molecule has 1 saturated heterocycles. The number of sulfonamides is 1. The summed E-state index contributed by atoms with van der Waals surface area (Å²) in [7, 11) is -3.05. The quantitative estimate of drug-likeness (QED) is 0.207. The summed E-state index contributed by atoms with van der Waals surface area (Å²) in [6.07, 6.45) is 10.9. The molecule has 2 N–H and O–H groups in total. The molecule has 7 nitrogen and oxygen atoms in total. The Morgan fingerprint density at radius 2 is 1.79 bits per heavy atom. The molecular weight excluding hydrogens is 491 g/mol. The summed E-state index contributed by atoms with van der Waals surface area (Å²) in [5.41, 5.74) is 0. The third-order valence-electron chi connectivity index (χ3n) is 5.41. The van der Waals surface area contributed by atoms with Crippen molar-refractivity contribution in [1.29, 1.82) is 0 Å². The molecule has 2 fully saturated rings. The average Bonchev–Trinajstić information content (AvgIpc) is 2.66. The van der Waals surface area contributed by atoms with Gasteiger partial charge in [-0.05, 0) is 44.9 Å². The Balaban J connectivity index is 0.00000392. The third kappa shape index (κ3) is 10.1. The summed E-state index contributed by atoms with van der Waals surface area (Å²) < 4.78 is 30.7. The van der Waals surface area contributed by atoms with Gasteiger partial charge in [0.1, 0.15) is 0 Å². The van der Waals surface area contributed by atoms with Crippen LogP contribution in [0.2, 0.25) is 0 Å². The highest BCUT2D eigenvalue weighted by Gasteiger charge is 2.24. The van der Waals surface area contributed by atoms with Crippen LogP contribution in [-0.4, -0.2) is 70.4 Å². The van der Waals surface area contributed by atoms with E-state index in [0.717, 1.165) is 51.5 Å². The number of aliphatic imine (C=N–C) groups is 1. The first-order valence-electron chi connectivity index (χ1n) is 10.6. The molecule has 1 aliphatic heterocycles. The summed E-state index contributed by atoms with van der Waals surface area (Å²) in [5.74, 6) is 1.30. The van der Waals surface area contributed by atoms with Crippen LogP contribution in [0.4, 0.5) is 0 Å². The minimum atomic E-state index is -3.05.